The molecule has 1 aromatic rings. The maximum atomic E-state index is 11.5. The standard InChI is InChI=1S/C16H23N3O2/c1-13(18-21)16(20)17-11-14-7-9-19(10-8-14)12-15-5-3-2-4-6-15/h2-6,14,21H,7-12H2,1H3,(H,17,20)/b18-13+. The zero-order valence-corrected chi connectivity index (χ0v) is 12.5. The molecule has 0 bridgehead atoms. The van der Waals surface area contributed by atoms with Crippen LogP contribution >= 0.6 is 0 Å². The van der Waals surface area contributed by atoms with Crippen LogP contribution < -0.4 is 5.32 Å². The highest BCUT2D eigenvalue weighted by molar-refractivity contribution is 6.37. The molecule has 1 fully saturated rings. The lowest BCUT2D eigenvalue weighted by atomic mass is 9.96. The van der Waals surface area contributed by atoms with E-state index in [4.69, 9.17) is 5.21 Å². The summed E-state index contributed by atoms with van der Waals surface area (Å²) in [4.78, 5) is 14.0. The lowest BCUT2D eigenvalue weighted by Crippen LogP contribution is -2.39. The maximum absolute atomic E-state index is 11.5. The highest BCUT2D eigenvalue weighted by Gasteiger charge is 2.20. The van der Waals surface area contributed by atoms with E-state index < -0.39 is 0 Å². The minimum Gasteiger partial charge on any atom is -0.410 e. The molecule has 0 aliphatic carbocycles. The highest BCUT2D eigenvalue weighted by Crippen LogP contribution is 2.18. The van der Waals surface area contributed by atoms with Crippen molar-refractivity contribution in [2.45, 2.75) is 26.3 Å². The molecule has 1 saturated heterocycles. The van der Waals surface area contributed by atoms with Gasteiger partial charge in [-0.25, -0.2) is 0 Å². The summed E-state index contributed by atoms with van der Waals surface area (Å²) in [6.07, 6.45) is 2.17. The second-order valence-corrected chi connectivity index (χ2v) is 5.60. The SMILES string of the molecule is C/C(=N\O)C(=O)NCC1CCN(Cc2ccccc2)CC1. The Morgan fingerprint density at radius 3 is 2.62 bits per heavy atom. The van der Waals surface area contributed by atoms with Crippen LogP contribution in [0.5, 0.6) is 0 Å². The minimum absolute atomic E-state index is 0.108. The van der Waals surface area contributed by atoms with Crippen molar-refractivity contribution in [2.75, 3.05) is 19.6 Å². The molecule has 0 atom stereocenters. The Kier molecular flexibility index (Phi) is 5.75. The van der Waals surface area contributed by atoms with Gasteiger partial charge in [0.25, 0.3) is 5.91 Å². The first kappa shape index (κ1) is 15.5. The van der Waals surface area contributed by atoms with Crippen LogP contribution in [0.2, 0.25) is 0 Å². The summed E-state index contributed by atoms with van der Waals surface area (Å²) < 4.78 is 0. The van der Waals surface area contributed by atoms with Gasteiger partial charge in [-0.05, 0) is 44.3 Å². The van der Waals surface area contributed by atoms with Crippen molar-refractivity contribution in [2.24, 2.45) is 11.1 Å². The number of rotatable bonds is 5. The fourth-order valence-corrected chi connectivity index (χ4v) is 2.60. The molecule has 1 amide bonds. The van der Waals surface area contributed by atoms with Crippen molar-refractivity contribution in [3.05, 3.63) is 35.9 Å². The van der Waals surface area contributed by atoms with Gasteiger partial charge in [0.2, 0.25) is 0 Å². The third-order valence-electron chi connectivity index (χ3n) is 3.99. The fourth-order valence-electron chi connectivity index (χ4n) is 2.60. The highest BCUT2D eigenvalue weighted by atomic mass is 16.4. The average molecular weight is 289 g/mol. The molecule has 0 unspecified atom stereocenters. The average Bonchev–Trinajstić information content (AvgIpc) is 2.54. The monoisotopic (exact) mass is 289 g/mol. The van der Waals surface area contributed by atoms with Gasteiger partial charge < -0.3 is 10.5 Å². The maximum Gasteiger partial charge on any atom is 0.268 e. The van der Waals surface area contributed by atoms with E-state index in [1.165, 1.54) is 12.5 Å². The number of nitrogens with one attached hydrogen (secondary N) is 1. The van der Waals surface area contributed by atoms with E-state index in [2.05, 4.69) is 39.6 Å². The Morgan fingerprint density at radius 2 is 2.00 bits per heavy atom. The number of benzene rings is 1. The summed E-state index contributed by atoms with van der Waals surface area (Å²) in [6, 6.07) is 10.5. The molecule has 1 aliphatic heterocycles. The second-order valence-electron chi connectivity index (χ2n) is 5.60. The van der Waals surface area contributed by atoms with Crippen LogP contribution in [0, 0.1) is 5.92 Å². The number of hydrogen-bond donors (Lipinski definition) is 2. The molecule has 5 nitrogen and oxygen atoms in total. The van der Waals surface area contributed by atoms with Gasteiger partial charge in [0.05, 0.1) is 0 Å². The summed E-state index contributed by atoms with van der Waals surface area (Å²) in [5.74, 6) is 0.219. The van der Waals surface area contributed by atoms with E-state index in [1.54, 1.807) is 0 Å². The largest absolute Gasteiger partial charge is 0.410 e. The van der Waals surface area contributed by atoms with Gasteiger partial charge in [0.15, 0.2) is 0 Å². The summed E-state index contributed by atoms with van der Waals surface area (Å²) in [5, 5.41) is 14.3. The molecule has 2 rings (SSSR count). The Hall–Kier alpha value is -1.88. The van der Waals surface area contributed by atoms with Gasteiger partial charge in [0, 0.05) is 13.1 Å². The van der Waals surface area contributed by atoms with Gasteiger partial charge in [-0.3, -0.25) is 9.69 Å². The number of nitrogens with zero attached hydrogens (tertiary/aromatic N) is 2. The first-order chi connectivity index (χ1) is 10.2. The van der Waals surface area contributed by atoms with Gasteiger partial charge in [-0.2, -0.15) is 0 Å². The van der Waals surface area contributed by atoms with Crippen LogP contribution in [-0.2, 0) is 11.3 Å². The normalized spacial score (nSPS) is 17.7. The quantitative estimate of drug-likeness (QED) is 0.494. The molecule has 0 radical (unpaired) electrons. The van der Waals surface area contributed by atoms with Gasteiger partial charge >= 0.3 is 0 Å². The predicted molar refractivity (Wildman–Crippen MR) is 82.3 cm³/mol. The fraction of sp³-hybridized carbons (Fsp3) is 0.500. The van der Waals surface area contributed by atoms with Crippen molar-refractivity contribution in [3.8, 4) is 0 Å². The van der Waals surface area contributed by atoms with Crippen molar-refractivity contribution in [1.29, 1.82) is 0 Å². The third-order valence-corrected chi connectivity index (χ3v) is 3.99. The molecule has 21 heavy (non-hydrogen) atoms. The smallest absolute Gasteiger partial charge is 0.268 e. The number of likely N-dealkylation sites (tertiary alicyclic amines) is 1. The minimum atomic E-state index is -0.288. The van der Waals surface area contributed by atoms with Gasteiger partial charge in [0.1, 0.15) is 5.71 Å². The first-order valence-corrected chi connectivity index (χ1v) is 7.42. The van der Waals surface area contributed by atoms with E-state index in [-0.39, 0.29) is 11.6 Å². The zero-order chi connectivity index (χ0) is 15.1. The molecule has 2 N–H and O–H groups in total. The molecule has 0 saturated carbocycles. The van der Waals surface area contributed by atoms with Gasteiger partial charge in [-0.15, -0.1) is 0 Å². The van der Waals surface area contributed by atoms with Crippen LogP contribution in [0.15, 0.2) is 35.5 Å². The number of amides is 1. The predicted octanol–water partition coefficient (Wildman–Crippen LogP) is 1.86. The van der Waals surface area contributed by atoms with Crippen molar-refractivity contribution in [1.82, 2.24) is 10.2 Å². The van der Waals surface area contributed by atoms with Crippen molar-refractivity contribution < 1.29 is 10.0 Å². The molecule has 1 heterocycles. The van der Waals surface area contributed by atoms with Crippen LogP contribution in [0.4, 0.5) is 0 Å². The number of piperidine rings is 1. The molecule has 1 aliphatic rings. The summed E-state index contributed by atoms with van der Waals surface area (Å²) in [5.41, 5.74) is 1.45. The summed E-state index contributed by atoms with van der Waals surface area (Å²) >= 11 is 0. The Morgan fingerprint density at radius 1 is 1.33 bits per heavy atom. The molecule has 5 heteroatoms. The number of carbonyl (C=O) groups is 1. The summed E-state index contributed by atoms with van der Waals surface area (Å²) in [7, 11) is 0. The molecule has 1 aromatic carbocycles. The van der Waals surface area contributed by atoms with Crippen LogP contribution in [-0.4, -0.2) is 41.4 Å². The zero-order valence-electron chi connectivity index (χ0n) is 12.5. The van der Waals surface area contributed by atoms with E-state index in [0.29, 0.717) is 12.5 Å². The van der Waals surface area contributed by atoms with Gasteiger partial charge in [-0.1, -0.05) is 35.5 Å². The third kappa shape index (κ3) is 4.86. The molecular formula is C16H23N3O2. The second kappa shape index (κ2) is 7.78. The van der Waals surface area contributed by atoms with Crippen molar-refractivity contribution >= 4 is 11.6 Å². The number of oxime groups is 1. The van der Waals surface area contributed by atoms with E-state index in [0.717, 1.165) is 32.5 Å². The van der Waals surface area contributed by atoms with Crippen molar-refractivity contribution in [3.63, 3.8) is 0 Å². The van der Waals surface area contributed by atoms with E-state index >= 15 is 0 Å². The lowest BCUT2D eigenvalue weighted by molar-refractivity contribution is -0.115. The van der Waals surface area contributed by atoms with Crippen LogP contribution in [0.1, 0.15) is 25.3 Å². The van der Waals surface area contributed by atoms with E-state index in [9.17, 15) is 4.79 Å². The topological polar surface area (TPSA) is 64.9 Å². The Labute approximate surface area is 125 Å². The summed E-state index contributed by atoms with van der Waals surface area (Å²) in [6.45, 7) is 5.27. The first-order valence-electron chi connectivity index (χ1n) is 7.42. The molecule has 114 valence electrons. The Balaban J connectivity index is 1.70. The van der Waals surface area contributed by atoms with E-state index in [1.807, 2.05) is 6.07 Å². The molecular weight excluding hydrogens is 266 g/mol. The Bertz CT molecular complexity index is 480. The van der Waals surface area contributed by atoms with Crippen LogP contribution in [0.3, 0.4) is 0 Å². The molecule has 0 spiro atoms. The lowest BCUT2D eigenvalue weighted by Gasteiger charge is -2.32. The number of hydrogen-bond acceptors (Lipinski definition) is 4. The number of carbonyl (C=O) groups excluding carboxylic acids is 1. The molecule has 0 aromatic heterocycles. The van der Waals surface area contributed by atoms with Crippen LogP contribution in [0.25, 0.3) is 0 Å².